The van der Waals surface area contributed by atoms with Gasteiger partial charge in [0.15, 0.2) is 0 Å². The van der Waals surface area contributed by atoms with Gasteiger partial charge in [0.1, 0.15) is 0 Å². The van der Waals surface area contributed by atoms with Crippen molar-refractivity contribution in [1.29, 1.82) is 10.5 Å². The second-order valence-electron chi connectivity index (χ2n) is 21.2. The smallest absolute Gasteiger partial charge is 0.512 e. The normalized spacial score (nSPS) is 32.8. The monoisotopic (exact) mass is 1040 g/mol. The molecule has 0 saturated carbocycles. The van der Waals surface area contributed by atoms with Gasteiger partial charge in [-0.05, 0) is 70.6 Å². The van der Waals surface area contributed by atoms with Gasteiger partial charge in [0.2, 0.25) is 41.4 Å². The molecule has 5 aliphatic rings. The maximum atomic E-state index is 13.5. The predicted molar refractivity (Wildman–Crippen MR) is 264 cm³/mol. The Morgan fingerprint density at radius 1 is 0.736 bits per heavy atom. The summed E-state index contributed by atoms with van der Waals surface area (Å²) in [5.41, 5.74) is 34.9. The minimum Gasteiger partial charge on any atom is -0.512 e. The molecule has 1 unspecified atom stereocenters. The Kier molecular flexibility index (Phi) is 20.6. The Bertz CT molecular complexity index is 2410. The number of hydrogen-bond donors (Lipinski definition) is 9. The average molecular weight is 1040 g/mol. The molecule has 7 amide bonds. The quantitative estimate of drug-likeness (QED) is 0.0794. The molecule has 10 atom stereocenters. The third-order valence-electron chi connectivity index (χ3n) is 16.1. The van der Waals surface area contributed by atoms with Crippen LogP contribution in [0.4, 0.5) is 0 Å². The molecule has 5 rings (SSSR count). The SMILES string of the molecule is C/C1=C2/N/C(=C\C3=NC(=C(/C)C4=N[C@@](C)(C5N=C1[C@](C)(CCC(=O)NC[C@H](C)O)[C@H]5CC(N)=O)[C@@](C)(CC(N)=O)[C@@H]4CCC(N)=O)/[C@@](C)(CC(N)=O)[C@@H]3CCC(N)=O)C(C)(C)[C@@H]2CCC(N)=O.[C-]#N.[C-]#N.[Co+2]. The molecule has 0 aromatic rings. The molecule has 5 aliphatic heterocycles. The Labute approximate surface area is 432 Å². The predicted octanol–water partition coefficient (Wildman–Crippen LogP) is 1.93. The van der Waals surface area contributed by atoms with Crippen LogP contribution in [0.1, 0.15) is 133 Å². The number of nitrogens with zero attached hydrogens (tertiary/aromatic N) is 5. The number of aliphatic imine (C=N–C) groups is 3. The molecule has 395 valence electrons. The van der Waals surface area contributed by atoms with Gasteiger partial charge in [0, 0.05) is 125 Å². The first kappa shape index (κ1) is 61.9. The summed E-state index contributed by atoms with van der Waals surface area (Å²) in [6, 6.07) is -0.909. The molecule has 1 saturated heterocycles. The van der Waals surface area contributed by atoms with Crippen LogP contribution < -0.4 is 45.0 Å². The number of carbonyl (C=O) groups excluding carboxylic acids is 7. The molecule has 22 heteroatoms. The number of hydrogen-bond acceptors (Lipinski definition) is 14. The third-order valence-corrected chi connectivity index (χ3v) is 16.1. The first-order valence-electron chi connectivity index (χ1n) is 23.7. The van der Waals surface area contributed by atoms with Crippen LogP contribution in [0.2, 0.25) is 0 Å². The van der Waals surface area contributed by atoms with Crippen LogP contribution in [0.25, 0.3) is 0 Å². The largest absolute Gasteiger partial charge is 2.00 e. The second-order valence-corrected chi connectivity index (χ2v) is 21.2. The van der Waals surface area contributed by atoms with E-state index in [0.717, 1.165) is 5.70 Å². The van der Waals surface area contributed by atoms with E-state index in [2.05, 4.69) is 10.6 Å². The third kappa shape index (κ3) is 12.2. The Hall–Kier alpha value is -6.23. The number of allylic oxidation sites excluding steroid dienone is 6. The first-order chi connectivity index (χ1) is 32.9. The summed E-state index contributed by atoms with van der Waals surface area (Å²) in [5, 5.41) is 29.0. The molecular weight excluding hydrogens is 970 g/mol. The Balaban J connectivity index is 0.00000346. The van der Waals surface area contributed by atoms with Crippen molar-refractivity contribution < 1.29 is 55.4 Å². The number of carbonyl (C=O) groups is 7. The second kappa shape index (κ2) is 24.0. The molecule has 15 N–H and O–H groups in total. The van der Waals surface area contributed by atoms with E-state index in [9.17, 15) is 38.7 Å². The maximum Gasteiger partial charge on any atom is 2.00 e. The van der Waals surface area contributed by atoms with Gasteiger partial charge in [-0.1, -0.05) is 34.6 Å². The van der Waals surface area contributed by atoms with Gasteiger partial charge in [0.05, 0.1) is 23.4 Å². The van der Waals surface area contributed by atoms with Gasteiger partial charge < -0.3 is 73.8 Å². The summed E-state index contributed by atoms with van der Waals surface area (Å²) in [5.74, 6) is -6.27. The van der Waals surface area contributed by atoms with Gasteiger partial charge >= 0.3 is 16.8 Å². The van der Waals surface area contributed by atoms with E-state index in [1.165, 1.54) is 0 Å². The van der Waals surface area contributed by atoms with E-state index in [1.54, 1.807) is 6.92 Å². The van der Waals surface area contributed by atoms with Crippen molar-refractivity contribution in [2.75, 3.05) is 6.54 Å². The molecule has 0 aliphatic carbocycles. The van der Waals surface area contributed by atoms with Crippen LogP contribution in [0, 0.1) is 69.0 Å². The summed E-state index contributed by atoms with van der Waals surface area (Å²) >= 11 is 0. The van der Waals surface area contributed by atoms with E-state index >= 15 is 0 Å². The van der Waals surface area contributed by atoms with Crippen LogP contribution in [-0.4, -0.2) is 87.8 Å². The molecule has 0 aromatic heterocycles. The number of aliphatic hydroxyl groups is 1. The molecule has 1 fully saturated rings. The number of nitrogens with one attached hydrogen (secondary N) is 2. The molecule has 0 spiro atoms. The fourth-order valence-electron chi connectivity index (χ4n) is 12.3. The van der Waals surface area contributed by atoms with Crippen molar-refractivity contribution in [3.05, 3.63) is 47.5 Å². The average Bonchev–Trinajstić information content (AvgIpc) is 3.88. The molecular formula is C50H73CoN13O8. The molecule has 8 bridgehead atoms. The minimum absolute atomic E-state index is 0. The summed E-state index contributed by atoms with van der Waals surface area (Å²) < 4.78 is 0. The number of amides is 7. The number of nitrogens with two attached hydrogens (primary N) is 6. The van der Waals surface area contributed by atoms with Crippen molar-refractivity contribution in [3.63, 3.8) is 0 Å². The minimum atomic E-state index is -1.39. The summed E-state index contributed by atoms with van der Waals surface area (Å²) in [6.45, 7) is 26.5. The van der Waals surface area contributed by atoms with E-state index < -0.39 is 92.5 Å². The van der Waals surface area contributed by atoms with Crippen molar-refractivity contribution >= 4 is 58.5 Å². The zero-order valence-corrected chi connectivity index (χ0v) is 43.9. The van der Waals surface area contributed by atoms with Gasteiger partial charge in [0.25, 0.3) is 0 Å². The van der Waals surface area contributed by atoms with Gasteiger partial charge in [-0.3, -0.25) is 48.5 Å². The molecule has 72 heavy (non-hydrogen) atoms. The maximum absolute atomic E-state index is 13.5. The number of rotatable bonds is 20. The molecule has 1 radical (unpaired) electrons. The first-order valence-corrected chi connectivity index (χ1v) is 23.7. The van der Waals surface area contributed by atoms with Gasteiger partial charge in [-0.2, -0.15) is 0 Å². The van der Waals surface area contributed by atoms with Crippen molar-refractivity contribution in [3.8, 4) is 0 Å². The fourth-order valence-corrected chi connectivity index (χ4v) is 12.3. The van der Waals surface area contributed by atoms with Gasteiger partial charge in [-0.25, -0.2) is 0 Å². The van der Waals surface area contributed by atoms with Crippen LogP contribution >= 0.6 is 0 Å². The molecule has 5 heterocycles. The number of aliphatic hydroxyl groups excluding tert-OH is 1. The molecule has 0 aromatic carbocycles. The summed E-state index contributed by atoms with van der Waals surface area (Å²) in [6.07, 6.45) is 1.21. The number of primary amides is 6. The molecule has 21 nitrogen and oxygen atoms in total. The van der Waals surface area contributed by atoms with E-state index in [1.807, 2.05) is 61.5 Å². The van der Waals surface area contributed by atoms with Crippen LogP contribution in [-0.2, 0) is 50.3 Å². The zero-order valence-electron chi connectivity index (χ0n) is 42.9. The van der Waals surface area contributed by atoms with E-state index in [0.29, 0.717) is 46.1 Å². The van der Waals surface area contributed by atoms with Crippen molar-refractivity contribution in [2.24, 2.45) is 94.7 Å². The Morgan fingerprint density at radius 3 is 1.74 bits per heavy atom. The van der Waals surface area contributed by atoms with Crippen LogP contribution in [0.15, 0.2) is 49.3 Å². The van der Waals surface area contributed by atoms with Crippen LogP contribution in [0.5, 0.6) is 0 Å². The zero-order chi connectivity index (χ0) is 54.4. The standard InChI is InChI=1S/C48H73N11O8.2CN.Co/c1-23(60)22-55-38(67)16-17-45(6)29(18-35(52)64)43-48(9)47(8,21-37(54)66)28(12-15-34(51)63)40(59-48)25(3)42-46(7,20-36(53)65)26(10-13-32(49)61)30(56-42)19-31-44(4,5)27(11-14-33(50)62)39(57-31)24(2)41(45)58-43;2*1-2;/h19,23,26-29,43,57,60H,10-18,20-22H2,1-9H3,(H2,49,61)(H2,50,62)(H2,51,63)(H2,52,64)(H2,53,65)(H2,54,66)(H,55,67);;;/q;2*-1;+2/b31-19-,39-24-,42-25-;;;/t23-,26+,27+,28+,29-,43?,45+,46-,47-,48-;;;/m0.../s1. The fraction of sp³-hybridized carbons (Fsp3) is 0.640. The van der Waals surface area contributed by atoms with E-state index in [4.69, 9.17) is 73.0 Å². The summed E-state index contributed by atoms with van der Waals surface area (Å²) in [4.78, 5) is 108. The van der Waals surface area contributed by atoms with Gasteiger partial charge in [-0.15, -0.1) is 0 Å². The Morgan fingerprint density at radius 2 is 1.25 bits per heavy atom. The van der Waals surface area contributed by atoms with Crippen LogP contribution in [0.3, 0.4) is 0 Å². The summed E-state index contributed by atoms with van der Waals surface area (Å²) in [7, 11) is 0. The van der Waals surface area contributed by atoms with Crippen molar-refractivity contribution in [2.45, 2.75) is 151 Å². The number of fused-ring (bicyclic) bond motifs is 6. The van der Waals surface area contributed by atoms with E-state index in [-0.39, 0.29) is 99.4 Å². The van der Waals surface area contributed by atoms with Crippen molar-refractivity contribution in [1.82, 2.24) is 10.6 Å². The topological polar surface area (TPSA) is 405 Å².